The van der Waals surface area contributed by atoms with E-state index in [9.17, 15) is 9.59 Å². The van der Waals surface area contributed by atoms with E-state index >= 15 is 0 Å². The fourth-order valence-electron chi connectivity index (χ4n) is 3.49. The Morgan fingerprint density at radius 2 is 1.74 bits per heavy atom. The topological polar surface area (TPSA) is 61.9 Å². The minimum Gasteiger partial charge on any atom is -0.484 e. The van der Waals surface area contributed by atoms with E-state index in [0.29, 0.717) is 43.4 Å². The van der Waals surface area contributed by atoms with Gasteiger partial charge in [-0.15, -0.1) is 0 Å². The Labute approximate surface area is 192 Å². The number of benzene rings is 2. The number of nitrogens with one attached hydrogen (secondary N) is 1. The van der Waals surface area contributed by atoms with Crippen molar-refractivity contribution in [1.82, 2.24) is 10.2 Å². The lowest BCUT2D eigenvalue weighted by molar-refractivity contribution is -0.137. The van der Waals surface area contributed by atoms with Crippen LogP contribution in [0.15, 0.2) is 54.6 Å². The number of carbonyl (C=O) groups excluding carboxylic acids is 2. The lowest BCUT2D eigenvalue weighted by Crippen LogP contribution is -2.55. The molecule has 0 radical (unpaired) electrons. The van der Waals surface area contributed by atoms with Gasteiger partial charge >= 0.3 is 0 Å². The molecule has 166 valence electrons. The molecule has 2 aromatic rings. The van der Waals surface area contributed by atoms with Crippen LogP contribution in [0.3, 0.4) is 0 Å². The van der Waals surface area contributed by atoms with Crippen molar-refractivity contribution in [2.24, 2.45) is 0 Å². The van der Waals surface area contributed by atoms with Gasteiger partial charge in [-0.05, 0) is 42.7 Å². The van der Waals surface area contributed by atoms with Gasteiger partial charge in [0.05, 0.1) is 10.7 Å². The molecule has 1 fully saturated rings. The largest absolute Gasteiger partial charge is 0.484 e. The molecule has 1 heterocycles. The number of piperazine rings is 1. The molecule has 8 heteroatoms. The smallest absolute Gasteiger partial charge is 0.258 e. The van der Waals surface area contributed by atoms with Gasteiger partial charge in [0.2, 0.25) is 5.91 Å². The van der Waals surface area contributed by atoms with Crippen molar-refractivity contribution in [2.45, 2.75) is 12.5 Å². The maximum Gasteiger partial charge on any atom is 0.258 e. The van der Waals surface area contributed by atoms with E-state index in [0.717, 1.165) is 11.4 Å². The summed E-state index contributed by atoms with van der Waals surface area (Å²) >= 11 is 7.97. The monoisotopic (exact) mass is 461 g/mol. The molecule has 1 aliphatic heterocycles. The first-order valence-corrected chi connectivity index (χ1v) is 12.1. The summed E-state index contributed by atoms with van der Waals surface area (Å²) in [7, 11) is 0. The summed E-state index contributed by atoms with van der Waals surface area (Å²) in [6.45, 7) is 2.48. The van der Waals surface area contributed by atoms with Crippen LogP contribution in [0.4, 0.5) is 5.69 Å². The van der Waals surface area contributed by atoms with Gasteiger partial charge < -0.3 is 19.9 Å². The number of carbonyl (C=O) groups is 2. The van der Waals surface area contributed by atoms with Crippen molar-refractivity contribution in [2.75, 3.05) is 49.7 Å². The highest BCUT2D eigenvalue weighted by molar-refractivity contribution is 7.98. The number of hydrogen-bond acceptors (Lipinski definition) is 5. The Morgan fingerprint density at radius 3 is 2.42 bits per heavy atom. The third kappa shape index (κ3) is 6.80. The van der Waals surface area contributed by atoms with Crippen LogP contribution >= 0.6 is 23.4 Å². The van der Waals surface area contributed by atoms with Gasteiger partial charge in [-0.1, -0.05) is 41.9 Å². The Bertz CT molecular complexity index is 860. The Balaban J connectivity index is 1.54. The second-order valence-corrected chi connectivity index (χ2v) is 8.66. The molecule has 2 amide bonds. The van der Waals surface area contributed by atoms with Gasteiger partial charge in [-0.3, -0.25) is 9.59 Å². The predicted octanol–water partition coefficient (Wildman–Crippen LogP) is 3.31. The third-order valence-electron chi connectivity index (χ3n) is 5.14. The number of rotatable bonds is 9. The maximum absolute atomic E-state index is 13.1. The summed E-state index contributed by atoms with van der Waals surface area (Å²) < 4.78 is 5.51. The Hall–Kier alpha value is -2.38. The van der Waals surface area contributed by atoms with E-state index in [1.165, 1.54) is 0 Å². The molecule has 0 aliphatic carbocycles. The second-order valence-electron chi connectivity index (χ2n) is 7.27. The number of nitrogens with zero attached hydrogens (tertiary/aromatic N) is 2. The van der Waals surface area contributed by atoms with Crippen molar-refractivity contribution >= 4 is 40.9 Å². The SMILES string of the molecule is CSCC[C@H](NC(=O)COc1ccccc1)C(=O)N1CCN(c2ccccc2Cl)CC1. The van der Waals surface area contributed by atoms with Gasteiger partial charge in [-0.2, -0.15) is 11.8 Å². The summed E-state index contributed by atoms with van der Waals surface area (Å²) in [4.78, 5) is 29.6. The zero-order valence-electron chi connectivity index (χ0n) is 17.6. The van der Waals surface area contributed by atoms with Gasteiger partial charge in [0.25, 0.3) is 5.91 Å². The van der Waals surface area contributed by atoms with Crippen molar-refractivity contribution in [1.29, 1.82) is 0 Å². The molecular weight excluding hydrogens is 434 g/mol. The average Bonchev–Trinajstić information content (AvgIpc) is 2.81. The number of para-hydroxylation sites is 2. The normalized spacial score (nSPS) is 14.8. The number of anilines is 1. The van der Waals surface area contributed by atoms with Crippen molar-refractivity contribution in [3.63, 3.8) is 0 Å². The molecular formula is C23H28ClN3O3S. The molecule has 3 rings (SSSR count). The number of amides is 2. The van der Waals surface area contributed by atoms with Gasteiger partial charge in [0.15, 0.2) is 6.61 Å². The van der Waals surface area contributed by atoms with Crippen LogP contribution in [0.2, 0.25) is 5.02 Å². The zero-order chi connectivity index (χ0) is 22.1. The van der Waals surface area contributed by atoms with Crippen molar-refractivity contribution in [3.05, 3.63) is 59.6 Å². The molecule has 6 nitrogen and oxygen atoms in total. The molecule has 1 N–H and O–H groups in total. The predicted molar refractivity (Wildman–Crippen MR) is 127 cm³/mol. The summed E-state index contributed by atoms with van der Waals surface area (Å²) in [6, 6.07) is 16.4. The molecule has 0 bridgehead atoms. The molecule has 0 saturated carbocycles. The Morgan fingerprint density at radius 1 is 1.06 bits per heavy atom. The quantitative estimate of drug-likeness (QED) is 0.620. The number of hydrogen-bond donors (Lipinski definition) is 1. The summed E-state index contributed by atoms with van der Waals surface area (Å²) in [5, 5.41) is 3.58. The molecule has 0 spiro atoms. The zero-order valence-corrected chi connectivity index (χ0v) is 19.2. The fraction of sp³-hybridized carbons (Fsp3) is 0.391. The van der Waals surface area contributed by atoms with E-state index in [1.807, 2.05) is 53.6 Å². The van der Waals surface area contributed by atoms with Crippen LogP contribution in [0, 0.1) is 0 Å². The lowest BCUT2D eigenvalue weighted by atomic mass is 10.1. The molecule has 1 saturated heterocycles. The molecule has 0 aromatic heterocycles. The van der Waals surface area contributed by atoms with E-state index in [2.05, 4.69) is 10.2 Å². The van der Waals surface area contributed by atoms with Crippen LogP contribution in [0.25, 0.3) is 0 Å². The standard InChI is InChI=1S/C23H28ClN3O3S/c1-31-16-11-20(25-22(28)17-30-18-7-3-2-4-8-18)23(29)27-14-12-26(13-15-27)21-10-6-5-9-19(21)24/h2-10,20H,11-17H2,1H3,(H,25,28)/t20-/m0/s1. The molecule has 0 unspecified atom stereocenters. The van der Waals surface area contributed by atoms with Crippen LogP contribution in [-0.4, -0.2) is 67.6 Å². The summed E-state index contributed by atoms with van der Waals surface area (Å²) in [5.41, 5.74) is 0.988. The molecule has 31 heavy (non-hydrogen) atoms. The van der Waals surface area contributed by atoms with Gasteiger partial charge in [-0.25, -0.2) is 0 Å². The molecule has 2 aromatic carbocycles. The van der Waals surface area contributed by atoms with E-state index in [4.69, 9.17) is 16.3 Å². The summed E-state index contributed by atoms with van der Waals surface area (Å²) in [6.07, 6.45) is 2.58. The highest BCUT2D eigenvalue weighted by Crippen LogP contribution is 2.26. The van der Waals surface area contributed by atoms with E-state index < -0.39 is 6.04 Å². The number of ether oxygens (including phenoxy) is 1. The number of halogens is 1. The van der Waals surface area contributed by atoms with Crippen molar-refractivity contribution < 1.29 is 14.3 Å². The highest BCUT2D eigenvalue weighted by atomic mass is 35.5. The van der Waals surface area contributed by atoms with E-state index in [-0.39, 0.29) is 18.4 Å². The lowest BCUT2D eigenvalue weighted by Gasteiger charge is -2.38. The van der Waals surface area contributed by atoms with Gasteiger partial charge in [0, 0.05) is 26.2 Å². The fourth-order valence-corrected chi connectivity index (χ4v) is 4.22. The minimum absolute atomic E-state index is 0.0408. The molecule has 1 aliphatic rings. The van der Waals surface area contributed by atoms with Crippen LogP contribution in [0.1, 0.15) is 6.42 Å². The first-order chi connectivity index (χ1) is 15.1. The first-order valence-electron chi connectivity index (χ1n) is 10.3. The Kier molecular flexibility index (Phi) is 8.91. The second kappa shape index (κ2) is 11.9. The van der Waals surface area contributed by atoms with Crippen LogP contribution in [0.5, 0.6) is 5.75 Å². The third-order valence-corrected chi connectivity index (χ3v) is 6.11. The van der Waals surface area contributed by atoms with Gasteiger partial charge in [0.1, 0.15) is 11.8 Å². The average molecular weight is 462 g/mol. The highest BCUT2D eigenvalue weighted by Gasteiger charge is 2.29. The molecule has 1 atom stereocenters. The van der Waals surface area contributed by atoms with Crippen LogP contribution < -0.4 is 15.0 Å². The van der Waals surface area contributed by atoms with E-state index in [1.54, 1.807) is 23.9 Å². The minimum atomic E-state index is -0.550. The van der Waals surface area contributed by atoms with Crippen LogP contribution in [-0.2, 0) is 9.59 Å². The summed E-state index contributed by atoms with van der Waals surface area (Å²) in [5.74, 6) is 1.08. The first kappa shape index (κ1) is 23.3. The number of thioether (sulfide) groups is 1. The van der Waals surface area contributed by atoms with Crippen molar-refractivity contribution in [3.8, 4) is 5.75 Å². The maximum atomic E-state index is 13.1.